The maximum atomic E-state index is 10.6. The van der Waals surface area contributed by atoms with Crippen molar-refractivity contribution >= 4 is 41.3 Å². The Bertz CT molecular complexity index is 713. The number of guanidine groups is 1. The van der Waals surface area contributed by atoms with Gasteiger partial charge in [-0.2, -0.15) is 5.10 Å². The van der Waals surface area contributed by atoms with Crippen LogP contribution in [0.3, 0.4) is 0 Å². The molecule has 1 heterocycles. The lowest BCUT2D eigenvalue weighted by Crippen LogP contribution is -2.23. The van der Waals surface area contributed by atoms with Gasteiger partial charge in [-0.15, -0.1) is 24.0 Å². The SMILES string of the molecule is CC(C)c1cccc(NC(N)=NCCn2cc([N+](=O)[O-])cn2)c1.I. The number of aliphatic imine (C=N–C) groups is 1. The van der Waals surface area contributed by atoms with Gasteiger partial charge >= 0.3 is 5.69 Å². The lowest BCUT2D eigenvalue weighted by molar-refractivity contribution is -0.385. The summed E-state index contributed by atoms with van der Waals surface area (Å²) >= 11 is 0. The van der Waals surface area contributed by atoms with Crippen molar-refractivity contribution in [2.75, 3.05) is 11.9 Å². The van der Waals surface area contributed by atoms with Crippen LogP contribution in [0, 0.1) is 10.1 Å². The van der Waals surface area contributed by atoms with Crippen LogP contribution in [0.25, 0.3) is 0 Å². The number of hydrogen-bond donors (Lipinski definition) is 2. The monoisotopic (exact) mass is 444 g/mol. The van der Waals surface area contributed by atoms with E-state index in [1.54, 1.807) is 0 Å². The average Bonchev–Trinajstić information content (AvgIpc) is 2.96. The van der Waals surface area contributed by atoms with Crippen LogP contribution >= 0.6 is 24.0 Å². The molecule has 130 valence electrons. The van der Waals surface area contributed by atoms with Gasteiger partial charge in [0.15, 0.2) is 5.96 Å². The van der Waals surface area contributed by atoms with E-state index < -0.39 is 4.92 Å². The first-order valence-corrected chi connectivity index (χ1v) is 7.29. The van der Waals surface area contributed by atoms with E-state index in [1.165, 1.54) is 22.6 Å². The molecule has 0 radical (unpaired) electrons. The molecule has 2 rings (SSSR count). The first kappa shape index (κ1) is 19.9. The van der Waals surface area contributed by atoms with Crippen molar-refractivity contribution in [3.8, 4) is 0 Å². The van der Waals surface area contributed by atoms with Gasteiger partial charge in [0.2, 0.25) is 0 Å². The van der Waals surface area contributed by atoms with E-state index in [4.69, 9.17) is 5.73 Å². The topological polar surface area (TPSA) is 111 Å². The summed E-state index contributed by atoms with van der Waals surface area (Å²) in [6.45, 7) is 5.05. The lowest BCUT2D eigenvalue weighted by atomic mass is 10.0. The van der Waals surface area contributed by atoms with Gasteiger partial charge in [0.25, 0.3) is 0 Å². The summed E-state index contributed by atoms with van der Waals surface area (Å²) in [5.41, 5.74) is 7.91. The van der Waals surface area contributed by atoms with Crippen molar-refractivity contribution < 1.29 is 4.92 Å². The summed E-state index contributed by atoms with van der Waals surface area (Å²) in [7, 11) is 0. The molecule has 0 aliphatic heterocycles. The maximum Gasteiger partial charge on any atom is 0.306 e. The Morgan fingerprint density at radius 2 is 2.25 bits per heavy atom. The van der Waals surface area contributed by atoms with E-state index in [1.807, 2.05) is 18.2 Å². The van der Waals surface area contributed by atoms with Crippen LogP contribution in [-0.2, 0) is 6.54 Å². The average molecular weight is 444 g/mol. The van der Waals surface area contributed by atoms with Crippen LogP contribution in [0.2, 0.25) is 0 Å². The molecule has 9 heteroatoms. The van der Waals surface area contributed by atoms with Crippen LogP contribution in [0.5, 0.6) is 0 Å². The highest BCUT2D eigenvalue weighted by atomic mass is 127. The van der Waals surface area contributed by atoms with Gasteiger partial charge in [-0.3, -0.25) is 19.8 Å². The van der Waals surface area contributed by atoms with E-state index in [0.717, 1.165) is 5.69 Å². The second-order valence-electron chi connectivity index (χ2n) is 5.39. The van der Waals surface area contributed by atoms with E-state index in [9.17, 15) is 10.1 Å². The molecule has 0 atom stereocenters. The van der Waals surface area contributed by atoms with Crippen LogP contribution in [0.1, 0.15) is 25.3 Å². The summed E-state index contributed by atoms with van der Waals surface area (Å²) < 4.78 is 1.47. The fourth-order valence-corrected chi connectivity index (χ4v) is 2.01. The normalized spacial score (nSPS) is 11.2. The molecule has 0 aliphatic rings. The first-order valence-electron chi connectivity index (χ1n) is 7.29. The van der Waals surface area contributed by atoms with Gasteiger partial charge in [-0.05, 0) is 23.6 Å². The van der Waals surface area contributed by atoms with Gasteiger partial charge in [0.1, 0.15) is 12.4 Å². The molecule has 3 N–H and O–H groups in total. The standard InChI is InChI=1S/C15H20N6O2.HI/c1-11(2)12-4-3-5-13(8-12)19-15(16)17-6-7-20-10-14(9-18-20)21(22)23;/h3-5,8-11H,6-7H2,1-2H3,(H3,16,17,19);1H. The first-order chi connectivity index (χ1) is 11.0. The fraction of sp³-hybridized carbons (Fsp3) is 0.333. The molecule has 1 aromatic heterocycles. The zero-order valence-corrected chi connectivity index (χ0v) is 15.9. The number of halogens is 1. The van der Waals surface area contributed by atoms with Crippen molar-refractivity contribution in [2.24, 2.45) is 10.7 Å². The van der Waals surface area contributed by atoms with E-state index in [2.05, 4.69) is 35.3 Å². The third-order valence-corrected chi connectivity index (χ3v) is 3.27. The Morgan fingerprint density at radius 3 is 2.88 bits per heavy atom. The molecular formula is C15H21IN6O2. The number of nitrogens with two attached hydrogens (primary N) is 1. The number of nitrogens with one attached hydrogen (secondary N) is 1. The summed E-state index contributed by atoms with van der Waals surface area (Å²) in [4.78, 5) is 14.3. The predicted octanol–water partition coefficient (Wildman–Crippen LogP) is 2.96. The highest BCUT2D eigenvalue weighted by molar-refractivity contribution is 14.0. The summed E-state index contributed by atoms with van der Waals surface area (Å²) in [6, 6.07) is 7.98. The number of hydrogen-bond acceptors (Lipinski definition) is 4. The zero-order chi connectivity index (χ0) is 16.8. The molecule has 0 fully saturated rings. The number of benzene rings is 1. The van der Waals surface area contributed by atoms with E-state index >= 15 is 0 Å². The quantitative estimate of drug-likeness (QED) is 0.234. The minimum Gasteiger partial charge on any atom is -0.370 e. The van der Waals surface area contributed by atoms with Gasteiger partial charge in [0, 0.05) is 5.69 Å². The summed E-state index contributed by atoms with van der Waals surface area (Å²) in [6.07, 6.45) is 2.58. The predicted molar refractivity (Wildman–Crippen MR) is 105 cm³/mol. The van der Waals surface area contributed by atoms with Gasteiger partial charge in [0.05, 0.1) is 18.0 Å². The van der Waals surface area contributed by atoms with Crippen molar-refractivity contribution in [2.45, 2.75) is 26.3 Å². The van der Waals surface area contributed by atoms with Crippen molar-refractivity contribution in [3.63, 3.8) is 0 Å². The Balaban J connectivity index is 0.00000288. The van der Waals surface area contributed by atoms with Crippen LogP contribution in [0.4, 0.5) is 11.4 Å². The zero-order valence-electron chi connectivity index (χ0n) is 13.5. The molecule has 24 heavy (non-hydrogen) atoms. The third-order valence-electron chi connectivity index (χ3n) is 3.27. The smallest absolute Gasteiger partial charge is 0.306 e. The number of anilines is 1. The Hall–Kier alpha value is -2.17. The second kappa shape index (κ2) is 9.21. The number of nitrogens with zero attached hydrogens (tertiary/aromatic N) is 4. The molecule has 0 bridgehead atoms. The molecule has 1 aromatic carbocycles. The number of aromatic nitrogens is 2. The highest BCUT2D eigenvalue weighted by Crippen LogP contribution is 2.18. The fourth-order valence-electron chi connectivity index (χ4n) is 2.01. The molecule has 0 saturated heterocycles. The summed E-state index contributed by atoms with van der Waals surface area (Å²) in [5.74, 6) is 0.734. The molecule has 0 spiro atoms. The minimum atomic E-state index is -0.482. The number of rotatable bonds is 6. The number of nitro groups is 1. The lowest BCUT2D eigenvalue weighted by Gasteiger charge is -2.10. The molecule has 2 aromatic rings. The maximum absolute atomic E-state index is 10.6. The van der Waals surface area contributed by atoms with Gasteiger partial charge in [-0.25, -0.2) is 0 Å². The minimum absolute atomic E-state index is 0. The Labute approximate surface area is 157 Å². The van der Waals surface area contributed by atoms with Crippen molar-refractivity contribution in [3.05, 3.63) is 52.3 Å². The third kappa shape index (κ3) is 5.80. The largest absolute Gasteiger partial charge is 0.370 e. The van der Waals surface area contributed by atoms with Crippen LogP contribution < -0.4 is 11.1 Å². The van der Waals surface area contributed by atoms with Crippen LogP contribution in [-0.4, -0.2) is 27.2 Å². The molecule has 0 amide bonds. The summed E-state index contributed by atoms with van der Waals surface area (Å²) in [5, 5.41) is 17.5. The molecular weight excluding hydrogens is 423 g/mol. The van der Waals surface area contributed by atoms with E-state index in [-0.39, 0.29) is 29.7 Å². The molecule has 0 saturated carbocycles. The Kier molecular flexibility index (Phi) is 7.62. The van der Waals surface area contributed by atoms with E-state index in [0.29, 0.717) is 25.0 Å². The highest BCUT2D eigenvalue weighted by Gasteiger charge is 2.08. The van der Waals surface area contributed by atoms with Crippen molar-refractivity contribution in [1.29, 1.82) is 0 Å². The van der Waals surface area contributed by atoms with Crippen LogP contribution in [0.15, 0.2) is 41.7 Å². The van der Waals surface area contributed by atoms with Gasteiger partial charge < -0.3 is 11.1 Å². The molecule has 0 aliphatic carbocycles. The Morgan fingerprint density at radius 1 is 1.50 bits per heavy atom. The van der Waals surface area contributed by atoms with Crippen molar-refractivity contribution in [1.82, 2.24) is 9.78 Å². The second-order valence-corrected chi connectivity index (χ2v) is 5.39. The molecule has 0 unspecified atom stereocenters. The van der Waals surface area contributed by atoms with Gasteiger partial charge in [-0.1, -0.05) is 26.0 Å². The molecule has 8 nitrogen and oxygen atoms in total.